The molecule has 122 valence electrons. The minimum absolute atomic E-state index is 0.108. The van der Waals surface area contributed by atoms with Gasteiger partial charge in [0.1, 0.15) is 11.0 Å². The third-order valence-electron chi connectivity index (χ3n) is 4.99. The van der Waals surface area contributed by atoms with Crippen molar-refractivity contribution in [1.29, 1.82) is 0 Å². The molecule has 1 aromatic carbocycles. The van der Waals surface area contributed by atoms with Crippen LogP contribution in [-0.4, -0.2) is 34.4 Å². The number of hydrogen-bond donors (Lipinski definition) is 1. The summed E-state index contributed by atoms with van der Waals surface area (Å²) in [5, 5.41) is 0. The lowest BCUT2D eigenvalue weighted by atomic mass is 9.96. The summed E-state index contributed by atoms with van der Waals surface area (Å²) in [5.74, 6) is -0.108. The number of fused-ring (bicyclic) bond motifs is 1. The van der Waals surface area contributed by atoms with Crippen LogP contribution in [-0.2, 0) is 4.79 Å². The Hall–Kier alpha value is -1.95. The maximum absolute atomic E-state index is 12.8. The summed E-state index contributed by atoms with van der Waals surface area (Å²) < 4.78 is 0. The van der Waals surface area contributed by atoms with Crippen molar-refractivity contribution in [2.24, 2.45) is 5.73 Å². The van der Waals surface area contributed by atoms with Crippen LogP contribution in [0.25, 0.3) is 0 Å². The number of nitrogens with zero attached hydrogens (tertiary/aromatic N) is 2. The van der Waals surface area contributed by atoms with Gasteiger partial charge in [-0.05, 0) is 62.8 Å². The highest BCUT2D eigenvalue weighted by Gasteiger charge is 2.47. The van der Waals surface area contributed by atoms with E-state index in [9.17, 15) is 9.59 Å². The Morgan fingerprint density at radius 1 is 1.22 bits per heavy atom. The molecule has 5 nitrogen and oxygen atoms in total. The Labute approximate surface area is 141 Å². The van der Waals surface area contributed by atoms with Gasteiger partial charge in [-0.25, -0.2) is 9.69 Å². The van der Waals surface area contributed by atoms with E-state index in [-0.39, 0.29) is 18.0 Å². The molecule has 6 heteroatoms. The molecule has 23 heavy (non-hydrogen) atoms. The number of benzene rings is 1. The van der Waals surface area contributed by atoms with Gasteiger partial charge in [0.25, 0.3) is 5.91 Å². The lowest BCUT2D eigenvalue weighted by molar-refractivity contribution is -0.120. The number of rotatable bonds is 2. The number of hydrogen-bond acceptors (Lipinski definition) is 3. The van der Waals surface area contributed by atoms with E-state index in [1.807, 2.05) is 26.8 Å². The average molecular weight is 331 g/mol. The van der Waals surface area contributed by atoms with Crippen molar-refractivity contribution in [2.75, 3.05) is 11.4 Å². The summed E-state index contributed by atoms with van der Waals surface area (Å²) in [6, 6.07) is 1.37. The van der Waals surface area contributed by atoms with E-state index in [0.29, 0.717) is 17.2 Å². The summed E-state index contributed by atoms with van der Waals surface area (Å²) in [6.45, 7) is 6.39. The maximum atomic E-state index is 12.8. The summed E-state index contributed by atoms with van der Waals surface area (Å²) in [4.78, 5) is 29.0. The number of carbonyl (C=O) groups excluding carboxylic acids is 2. The fraction of sp³-hybridized carbons (Fsp3) is 0.471. The summed E-state index contributed by atoms with van der Waals surface area (Å²) in [7, 11) is 0. The van der Waals surface area contributed by atoms with E-state index < -0.39 is 0 Å². The number of thiocarbonyl (C=S) groups is 1. The highest BCUT2D eigenvalue weighted by atomic mass is 32.1. The highest BCUT2D eigenvalue weighted by molar-refractivity contribution is 7.80. The highest BCUT2D eigenvalue weighted by Crippen LogP contribution is 2.36. The molecule has 3 rings (SSSR count). The van der Waals surface area contributed by atoms with Crippen LogP contribution in [0.5, 0.6) is 0 Å². The van der Waals surface area contributed by atoms with Gasteiger partial charge in [0, 0.05) is 12.1 Å². The molecule has 2 fully saturated rings. The molecule has 2 saturated heterocycles. The molecule has 0 aromatic heterocycles. The fourth-order valence-corrected chi connectivity index (χ4v) is 3.88. The quantitative estimate of drug-likeness (QED) is 0.668. The van der Waals surface area contributed by atoms with Crippen molar-refractivity contribution in [3.05, 3.63) is 28.3 Å². The standard InChI is InChI=1S/C17H21N3O2S/c1-9-8-12(15(18)23)10(2)11(3)14(9)20-16(21)13-6-4-5-7-19(13)17(20)22/h8,13H,4-7H2,1-3H3,(H2,18,23). The van der Waals surface area contributed by atoms with Crippen molar-refractivity contribution in [3.63, 3.8) is 0 Å². The molecule has 0 saturated carbocycles. The van der Waals surface area contributed by atoms with Gasteiger partial charge in [-0.2, -0.15) is 0 Å². The van der Waals surface area contributed by atoms with Crippen LogP contribution in [0.2, 0.25) is 0 Å². The van der Waals surface area contributed by atoms with Crippen molar-refractivity contribution >= 4 is 34.8 Å². The zero-order valence-corrected chi connectivity index (χ0v) is 14.5. The molecule has 2 heterocycles. The van der Waals surface area contributed by atoms with Crippen molar-refractivity contribution in [3.8, 4) is 0 Å². The number of aryl methyl sites for hydroxylation is 1. The first-order chi connectivity index (χ1) is 10.8. The van der Waals surface area contributed by atoms with E-state index in [1.54, 1.807) is 4.90 Å². The van der Waals surface area contributed by atoms with Crippen molar-refractivity contribution < 1.29 is 9.59 Å². The molecule has 1 aromatic rings. The van der Waals surface area contributed by atoms with Gasteiger partial charge in [0.15, 0.2) is 0 Å². The fourth-order valence-electron chi connectivity index (χ4n) is 3.66. The second kappa shape index (κ2) is 5.60. The summed E-state index contributed by atoms with van der Waals surface area (Å²) in [6.07, 6.45) is 2.70. The van der Waals surface area contributed by atoms with Gasteiger partial charge in [-0.15, -0.1) is 0 Å². The average Bonchev–Trinajstić information content (AvgIpc) is 2.76. The molecule has 0 spiro atoms. The molecule has 1 unspecified atom stereocenters. The predicted molar refractivity (Wildman–Crippen MR) is 93.8 cm³/mol. The minimum Gasteiger partial charge on any atom is -0.389 e. The normalized spacial score (nSPS) is 20.9. The Morgan fingerprint density at radius 2 is 1.91 bits per heavy atom. The number of imide groups is 1. The topological polar surface area (TPSA) is 66.6 Å². The smallest absolute Gasteiger partial charge is 0.332 e. The van der Waals surface area contributed by atoms with E-state index in [1.165, 1.54) is 4.90 Å². The number of amides is 3. The third-order valence-corrected chi connectivity index (χ3v) is 5.21. The van der Waals surface area contributed by atoms with E-state index in [2.05, 4.69) is 0 Å². The molecule has 0 aliphatic carbocycles. The molecular formula is C17H21N3O2S. The Morgan fingerprint density at radius 3 is 2.52 bits per heavy atom. The first-order valence-electron chi connectivity index (χ1n) is 7.89. The molecule has 2 aliphatic heterocycles. The molecule has 1 atom stereocenters. The van der Waals surface area contributed by atoms with Crippen LogP contribution in [0.15, 0.2) is 6.07 Å². The molecular weight excluding hydrogens is 310 g/mol. The van der Waals surface area contributed by atoms with Gasteiger partial charge in [0.05, 0.1) is 5.69 Å². The number of carbonyl (C=O) groups is 2. The first kappa shape index (κ1) is 15.9. The third kappa shape index (κ3) is 2.32. The SMILES string of the molecule is Cc1cc(C(N)=S)c(C)c(C)c1N1C(=O)C2CCCCN2C1=O. The molecule has 3 amide bonds. The molecule has 0 bridgehead atoms. The Bertz CT molecular complexity index is 705. The number of nitrogens with two attached hydrogens (primary N) is 1. The van der Waals surface area contributed by atoms with Crippen LogP contribution in [0.4, 0.5) is 10.5 Å². The second-order valence-electron chi connectivity index (χ2n) is 6.37. The predicted octanol–water partition coefficient (Wildman–Crippen LogP) is 2.57. The summed E-state index contributed by atoms with van der Waals surface area (Å²) in [5.41, 5.74) is 9.92. The van der Waals surface area contributed by atoms with Gasteiger partial charge in [-0.1, -0.05) is 12.2 Å². The van der Waals surface area contributed by atoms with E-state index in [0.717, 1.165) is 41.5 Å². The monoisotopic (exact) mass is 331 g/mol. The van der Waals surface area contributed by atoms with E-state index in [4.69, 9.17) is 18.0 Å². The number of piperidine rings is 1. The van der Waals surface area contributed by atoms with Crippen LogP contribution in [0.1, 0.15) is 41.5 Å². The van der Waals surface area contributed by atoms with Crippen LogP contribution >= 0.6 is 12.2 Å². The maximum Gasteiger partial charge on any atom is 0.332 e. The Balaban J connectivity index is 2.12. The Kier molecular flexibility index (Phi) is 3.88. The number of urea groups is 1. The molecule has 2 N–H and O–H groups in total. The molecule has 0 radical (unpaired) electrons. The van der Waals surface area contributed by atoms with Gasteiger partial charge in [0.2, 0.25) is 0 Å². The van der Waals surface area contributed by atoms with Crippen molar-refractivity contribution in [1.82, 2.24) is 4.90 Å². The number of anilines is 1. The zero-order valence-electron chi connectivity index (χ0n) is 13.7. The zero-order chi connectivity index (χ0) is 16.9. The van der Waals surface area contributed by atoms with E-state index >= 15 is 0 Å². The molecule has 2 aliphatic rings. The van der Waals surface area contributed by atoms with Crippen LogP contribution in [0, 0.1) is 20.8 Å². The van der Waals surface area contributed by atoms with Gasteiger partial charge < -0.3 is 10.6 Å². The lowest BCUT2D eigenvalue weighted by Crippen LogP contribution is -2.39. The summed E-state index contributed by atoms with van der Waals surface area (Å²) >= 11 is 5.10. The van der Waals surface area contributed by atoms with Gasteiger partial charge >= 0.3 is 6.03 Å². The van der Waals surface area contributed by atoms with Crippen molar-refractivity contribution in [2.45, 2.75) is 46.1 Å². The van der Waals surface area contributed by atoms with Gasteiger partial charge in [-0.3, -0.25) is 4.79 Å². The second-order valence-corrected chi connectivity index (χ2v) is 6.80. The lowest BCUT2D eigenvalue weighted by Gasteiger charge is -2.26. The van der Waals surface area contributed by atoms with Crippen LogP contribution in [0.3, 0.4) is 0 Å². The largest absolute Gasteiger partial charge is 0.389 e. The first-order valence-corrected chi connectivity index (χ1v) is 8.30. The van der Waals surface area contributed by atoms with Crippen LogP contribution < -0.4 is 10.6 Å². The minimum atomic E-state index is -0.300.